The van der Waals surface area contributed by atoms with Crippen LogP contribution in [-0.4, -0.2) is 167 Å². The van der Waals surface area contributed by atoms with E-state index in [2.05, 4.69) is 21.3 Å². The number of carboxylic acid groups (broad SMARTS) is 4. The van der Waals surface area contributed by atoms with Crippen LogP contribution in [0.15, 0.2) is 92.5 Å². The van der Waals surface area contributed by atoms with Crippen molar-refractivity contribution in [3.8, 4) is 0 Å². The van der Waals surface area contributed by atoms with Crippen LogP contribution in [0.1, 0.15) is 69.1 Å². The lowest BCUT2D eigenvalue weighted by Gasteiger charge is -2.30. The molecule has 0 bridgehead atoms. The van der Waals surface area contributed by atoms with Gasteiger partial charge in [-0.3, -0.25) is 19.2 Å². The van der Waals surface area contributed by atoms with Gasteiger partial charge in [0.1, 0.15) is 45.5 Å². The van der Waals surface area contributed by atoms with E-state index in [0.717, 1.165) is 76.6 Å². The van der Waals surface area contributed by atoms with Crippen LogP contribution in [0.3, 0.4) is 0 Å². The highest BCUT2D eigenvalue weighted by atomic mass is 19.1. The minimum Gasteiger partial charge on any atom is -0.477 e. The molecule has 0 amide bonds. The zero-order valence-electron chi connectivity index (χ0n) is 51.2. The van der Waals surface area contributed by atoms with Crippen LogP contribution in [0.25, 0.3) is 43.6 Å². The van der Waals surface area contributed by atoms with E-state index in [9.17, 15) is 55.9 Å². The fraction of sp³-hybridized carbons (Fsp3) is 0.375. The molecule has 4 aliphatic heterocycles. The highest BCUT2D eigenvalue weighted by molar-refractivity contribution is 5.96. The monoisotopic (exact) mass is 1280 g/mol. The number of halogens is 4. The van der Waals surface area contributed by atoms with Gasteiger partial charge in [-0.05, 0) is 76.2 Å². The highest BCUT2D eigenvalue weighted by Gasteiger charge is 2.25. The third-order valence-electron chi connectivity index (χ3n) is 16.7. The molecule has 4 aliphatic rings. The lowest BCUT2D eigenvalue weighted by atomic mass is 10.1. The molecular formula is C64H72F4N12O12. The minimum atomic E-state index is -1.30. The first-order valence-corrected chi connectivity index (χ1v) is 30.3. The molecule has 0 spiro atoms. The van der Waals surface area contributed by atoms with Gasteiger partial charge in [0.15, 0.2) is 0 Å². The maximum Gasteiger partial charge on any atom is 0.341 e. The number of hydrogen-bond donors (Lipinski definition) is 8. The number of hydrogen-bond acceptors (Lipinski definition) is 16. The van der Waals surface area contributed by atoms with Crippen LogP contribution in [0.5, 0.6) is 0 Å². The van der Waals surface area contributed by atoms with Crippen molar-refractivity contribution in [2.24, 2.45) is 0 Å². The molecule has 488 valence electrons. The van der Waals surface area contributed by atoms with Gasteiger partial charge in [-0.25, -0.2) is 36.7 Å². The van der Waals surface area contributed by atoms with Gasteiger partial charge in [0.25, 0.3) is 0 Å². The van der Waals surface area contributed by atoms with Crippen molar-refractivity contribution < 1.29 is 57.2 Å². The predicted molar refractivity (Wildman–Crippen MR) is 344 cm³/mol. The lowest BCUT2D eigenvalue weighted by molar-refractivity contribution is 0.0684. The van der Waals surface area contributed by atoms with Crippen LogP contribution < -0.4 is 62.6 Å². The highest BCUT2D eigenvalue weighted by Crippen LogP contribution is 2.30. The Morgan fingerprint density at radius 3 is 0.663 bits per heavy atom. The molecular weight excluding hydrogens is 1200 g/mol. The van der Waals surface area contributed by atoms with Crippen LogP contribution in [0, 0.1) is 23.3 Å². The number of fused-ring (bicyclic) bond motifs is 4. The SMILES string of the molecule is CCn1cc(C(=O)O)c(=O)c2cc(F)c(N3CCNCC3)cc21.CCn1cc(C(=O)O)c(=O)c2cc(F)c(N3CCNCC3)cc21.CCn1cc(C(=O)O)c(=O)c2cc(F)c(N3CCNCC3)cc21.CCn1cc(C(=O)O)c(=O)c2cc(F)c(N3CCNCC3)cc21. The quantitative estimate of drug-likeness (QED) is 0.0741. The second-order valence-corrected chi connectivity index (χ2v) is 22.1. The van der Waals surface area contributed by atoms with Gasteiger partial charge in [0.05, 0.1) is 44.8 Å². The van der Waals surface area contributed by atoms with E-state index < -0.39 is 68.9 Å². The number of benzene rings is 4. The molecule has 92 heavy (non-hydrogen) atoms. The first-order valence-electron chi connectivity index (χ1n) is 30.3. The number of rotatable bonds is 12. The maximum atomic E-state index is 14.5. The molecule has 4 saturated heterocycles. The topological polar surface area (TPSA) is 298 Å². The predicted octanol–water partition coefficient (Wildman–Crippen LogP) is 5.07. The molecule has 0 aliphatic carbocycles. The van der Waals surface area contributed by atoms with Crippen molar-refractivity contribution in [1.82, 2.24) is 39.5 Å². The van der Waals surface area contributed by atoms with Gasteiger partial charge >= 0.3 is 23.9 Å². The van der Waals surface area contributed by atoms with Crippen molar-refractivity contribution >= 4 is 90.2 Å². The molecule has 4 fully saturated rings. The second-order valence-electron chi connectivity index (χ2n) is 22.1. The number of piperazine rings is 4. The summed E-state index contributed by atoms with van der Waals surface area (Å²) >= 11 is 0. The second kappa shape index (κ2) is 29.1. The van der Waals surface area contributed by atoms with Gasteiger partial charge in [0.2, 0.25) is 21.7 Å². The van der Waals surface area contributed by atoms with Crippen molar-refractivity contribution in [2.45, 2.75) is 53.9 Å². The number of nitrogens with one attached hydrogen (secondary N) is 4. The summed E-state index contributed by atoms with van der Waals surface area (Å²) in [7, 11) is 0. The van der Waals surface area contributed by atoms with Gasteiger partial charge in [-0.2, -0.15) is 0 Å². The average molecular weight is 1280 g/mol. The normalized spacial score (nSPS) is 15.1. The summed E-state index contributed by atoms with van der Waals surface area (Å²) in [6, 6.07) is 11.2. The van der Waals surface area contributed by atoms with Crippen molar-refractivity contribution in [3.05, 3.63) is 160 Å². The Kier molecular flexibility index (Phi) is 21.1. The smallest absolute Gasteiger partial charge is 0.341 e. The van der Waals surface area contributed by atoms with Crippen molar-refractivity contribution in [3.63, 3.8) is 0 Å². The third-order valence-corrected chi connectivity index (χ3v) is 16.7. The lowest BCUT2D eigenvalue weighted by Crippen LogP contribution is -2.43. The number of anilines is 4. The molecule has 4 aromatic heterocycles. The number of nitrogens with zero attached hydrogens (tertiary/aromatic N) is 8. The average Bonchev–Trinajstić information content (AvgIpc) is 0.801. The summed E-state index contributed by atoms with van der Waals surface area (Å²) in [5.41, 5.74) is 0.0472. The fourth-order valence-electron chi connectivity index (χ4n) is 11.8. The third kappa shape index (κ3) is 14.0. The zero-order valence-corrected chi connectivity index (χ0v) is 51.2. The molecule has 0 radical (unpaired) electrons. The van der Waals surface area contributed by atoms with Crippen LogP contribution in [0.2, 0.25) is 0 Å². The summed E-state index contributed by atoms with van der Waals surface area (Å²) in [4.78, 5) is 102. The van der Waals surface area contributed by atoms with Crippen LogP contribution >= 0.6 is 0 Å². The van der Waals surface area contributed by atoms with E-state index >= 15 is 0 Å². The number of aryl methyl sites for hydroxylation is 4. The molecule has 8 N–H and O–H groups in total. The minimum absolute atomic E-state index is 0.100. The molecule has 4 aromatic carbocycles. The number of carbonyl (C=O) groups is 4. The maximum absolute atomic E-state index is 14.5. The first kappa shape index (κ1) is 66.8. The van der Waals surface area contributed by atoms with Gasteiger partial charge in [-0.15, -0.1) is 0 Å². The number of pyridine rings is 4. The van der Waals surface area contributed by atoms with E-state index in [1.165, 1.54) is 24.8 Å². The molecule has 8 heterocycles. The standard InChI is InChI=1S/4C16H18FN3O3/c4*1-2-19-9-11(16(22)23)15(21)10-7-12(17)14(8-13(10)19)20-5-3-18-4-6-20/h4*7-9,18H,2-6H2,1H3,(H,22,23). The summed E-state index contributed by atoms with van der Waals surface area (Å²) in [5, 5.41) is 49.8. The Bertz CT molecular complexity index is 3860. The Balaban J connectivity index is 0.000000145. The van der Waals surface area contributed by atoms with Gasteiger partial charge in [0, 0.05) is 177 Å². The van der Waals surface area contributed by atoms with E-state index in [4.69, 9.17) is 20.4 Å². The largest absolute Gasteiger partial charge is 0.477 e. The Hall–Kier alpha value is -9.64. The summed E-state index contributed by atoms with van der Waals surface area (Å²) in [6.07, 6.45) is 5.30. The molecule has 0 saturated carbocycles. The molecule has 12 rings (SSSR count). The van der Waals surface area contributed by atoms with E-state index in [0.29, 0.717) is 123 Å². The van der Waals surface area contributed by atoms with Crippen molar-refractivity contribution in [2.75, 3.05) is 124 Å². The number of aromatic carboxylic acids is 4. The van der Waals surface area contributed by atoms with Crippen LogP contribution in [-0.2, 0) is 26.2 Å². The summed E-state index contributed by atoms with van der Waals surface area (Å²) < 4.78 is 64.7. The molecule has 0 unspecified atom stereocenters. The molecule has 24 nitrogen and oxygen atoms in total. The molecule has 28 heteroatoms. The Morgan fingerprint density at radius 1 is 0.337 bits per heavy atom. The summed E-state index contributed by atoms with van der Waals surface area (Å²) in [6.45, 7) is 21.0. The van der Waals surface area contributed by atoms with Gasteiger partial charge in [-0.1, -0.05) is 0 Å². The molecule has 8 aromatic rings. The van der Waals surface area contributed by atoms with Gasteiger partial charge < -0.3 is 79.6 Å². The Labute approximate surface area is 523 Å². The van der Waals surface area contributed by atoms with Crippen molar-refractivity contribution in [1.29, 1.82) is 0 Å². The number of carboxylic acids is 4. The summed E-state index contributed by atoms with van der Waals surface area (Å²) in [5.74, 6) is -7.19. The zero-order chi connectivity index (χ0) is 66.2. The van der Waals surface area contributed by atoms with E-state index in [1.54, 1.807) is 42.5 Å². The van der Waals surface area contributed by atoms with E-state index in [-0.39, 0.29) is 43.8 Å². The first-order chi connectivity index (χ1) is 44.1. The number of aromatic nitrogens is 4. The van der Waals surface area contributed by atoms with Crippen LogP contribution in [0.4, 0.5) is 40.3 Å². The Morgan fingerprint density at radius 2 is 0.511 bits per heavy atom. The fourth-order valence-corrected chi connectivity index (χ4v) is 11.8. The van der Waals surface area contributed by atoms with E-state index in [1.807, 2.05) is 47.3 Å². The molecule has 0 atom stereocenters.